The van der Waals surface area contributed by atoms with Crippen molar-refractivity contribution >= 4 is 29.4 Å². The van der Waals surface area contributed by atoms with Crippen LogP contribution in [0.25, 0.3) is 0 Å². The molecule has 2 aliphatic heterocycles. The van der Waals surface area contributed by atoms with Crippen LogP contribution in [0.2, 0.25) is 5.02 Å². The molecule has 11 nitrogen and oxygen atoms in total. The fraction of sp³-hybridized carbons (Fsp3) is 0.484. The van der Waals surface area contributed by atoms with Gasteiger partial charge in [0.25, 0.3) is 0 Å². The molecular weight excluding hydrogens is 578 g/mol. The molecule has 1 spiro atoms. The van der Waals surface area contributed by atoms with E-state index >= 15 is 0 Å². The fourth-order valence-corrected chi connectivity index (χ4v) is 6.31. The number of carboxylic acid groups (broad SMARTS) is 2. The second kappa shape index (κ2) is 13.7. The molecule has 0 aromatic heterocycles. The van der Waals surface area contributed by atoms with Gasteiger partial charge in [0.15, 0.2) is 5.60 Å². The molecule has 230 valence electrons. The maximum atomic E-state index is 13.3. The Balaban J connectivity index is 1.53. The van der Waals surface area contributed by atoms with E-state index in [-0.39, 0.29) is 36.8 Å². The van der Waals surface area contributed by atoms with Crippen molar-refractivity contribution < 1.29 is 39.5 Å². The van der Waals surface area contributed by atoms with Crippen LogP contribution >= 0.6 is 11.6 Å². The van der Waals surface area contributed by atoms with Gasteiger partial charge in [-0.05, 0) is 60.1 Å². The number of carboxylic acids is 2. The largest absolute Gasteiger partial charge is 0.508 e. The van der Waals surface area contributed by atoms with E-state index < -0.39 is 36.3 Å². The minimum Gasteiger partial charge on any atom is -0.508 e. The number of hydrogen-bond donors (Lipinski definition) is 4. The zero-order chi connectivity index (χ0) is 31.2. The van der Waals surface area contributed by atoms with Gasteiger partial charge in [0.05, 0.1) is 37.5 Å². The van der Waals surface area contributed by atoms with Crippen molar-refractivity contribution in [1.29, 1.82) is 5.26 Å². The Morgan fingerprint density at radius 1 is 1.14 bits per heavy atom. The Bertz CT molecular complexity index is 1390. The highest BCUT2D eigenvalue weighted by Gasteiger charge is 2.44. The smallest absolute Gasteiger partial charge is 0.336 e. The molecule has 2 aliphatic rings. The molecule has 1 saturated heterocycles. The van der Waals surface area contributed by atoms with E-state index in [1.807, 2.05) is 18.2 Å². The number of halogens is 1. The Labute approximate surface area is 254 Å². The standard InChI is InChI=1S/C31H36ClN3O8/c32-26-7-6-24(36)15-23(26)14-21(18-34-12-8-31(9-13-34)25-5-2-1-4-22(25)20-43-31)19-35(11-3-10-33)27(37)16-30(42,29(40)41)17-28(38)39/h1-2,4-7,15,21,36,42H,3,8-9,11-14,16-20H2,(H,38,39)(H,40,41). The summed E-state index contributed by atoms with van der Waals surface area (Å²) >= 11 is 6.45. The van der Waals surface area contributed by atoms with E-state index in [0.29, 0.717) is 30.2 Å². The number of benzene rings is 2. The van der Waals surface area contributed by atoms with E-state index in [9.17, 15) is 35.0 Å². The first-order valence-electron chi connectivity index (χ1n) is 14.2. The zero-order valence-electron chi connectivity index (χ0n) is 23.7. The Hall–Kier alpha value is -3.69. The second-order valence-electron chi connectivity index (χ2n) is 11.4. The first kappa shape index (κ1) is 32.2. The number of nitrogens with zero attached hydrogens (tertiary/aromatic N) is 3. The molecule has 0 aliphatic carbocycles. The fourth-order valence-electron chi connectivity index (χ4n) is 6.12. The van der Waals surface area contributed by atoms with Gasteiger partial charge < -0.3 is 35.0 Å². The van der Waals surface area contributed by atoms with Crippen LogP contribution in [-0.4, -0.2) is 86.4 Å². The highest BCUT2D eigenvalue weighted by atomic mass is 35.5. The number of aliphatic hydroxyl groups is 1. The van der Waals surface area contributed by atoms with Gasteiger partial charge in [-0.15, -0.1) is 0 Å². The molecule has 0 bridgehead atoms. The van der Waals surface area contributed by atoms with Crippen LogP contribution < -0.4 is 0 Å². The predicted molar refractivity (Wildman–Crippen MR) is 155 cm³/mol. The highest BCUT2D eigenvalue weighted by molar-refractivity contribution is 6.31. The van der Waals surface area contributed by atoms with E-state index in [2.05, 4.69) is 17.0 Å². The molecule has 0 radical (unpaired) electrons. The molecular formula is C31H36ClN3O8. The van der Waals surface area contributed by atoms with E-state index in [0.717, 1.165) is 25.9 Å². The lowest BCUT2D eigenvalue weighted by Crippen LogP contribution is -2.49. The number of carbonyl (C=O) groups is 3. The van der Waals surface area contributed by atoms with E-state index in [4.69, 9.17) is 21.4 Å². The summed E-state index contributed by atoms with van der Waals surface area (Å²) in [6.45, 7) is 2.62. The maximum Gasteiger partial charge on any atom is 0.336 e. The molecule has 2 unspecified atom stereocenters. The SMILES string of the molecule is N#CCCN(CC(Cc1cc(O)ccc1Cl)CN1CCC2(CC1)OCc1ccccc12)C(=O)CC(O)(CC(=O)O)C(=O)O. The van der Waals surface area contributed by atoms with Gasteiger partial charge in [0.2, 0.25) is 5.91 Å². The number of carbonyl (C=O) groups excluding carboxylic acids is 1. The summed E-state index contributed by atoms with van der Waals surface area (Å²) in [4.78, 5) is 39.9. The Morgan fingerprint density at radius 3 is 2.53 bits per heavy atom. The average molecular weight is 614 g/mol. The Morgan fingerprint density at radius 2 is 1.86 bits per heavy atom. The van der Waals surface area contributed by atoms with Gasteiger partial charge in [0, 0.05) is 37.7 Å². The van der Waals surface area contributed by atoms with Crippen molar-refractivity contribution in [2.45, 2.75) is 56.3 Å². The van der Waals surface area contributed by atoms with Crippen molar-refractivity contribution in [2.75, 3.05) is 32.7 Å². The number of rotatable bonds is 13. The van der Waals surface area contributed by atoms with E-state index in [1.165, 1.54) is 22.1 Å². The van der Waals surface area contributed by atoms with Crippen LogP contribution in [0.1, 0.15) is 48.8 Å². The molecule has 2 aromatic rings. The Kier molecular flexibility index (Phi) is 10.3. The third kappa shape index (κ3) is 7.83. The molecule has 0 saturated carbocycles. The van der Waals surface area contributed by atoms with Gasteiger partial charge >= 0.3 is 11.9 Å². The minimum absolute atomic E-state index is 0.0316. The monoisotopic (exact) mass is 613 g/mol. The summed E-state index contributed by atoms with van der Waals surface area (Å²) < 4.78 is 6.29. The second-order valence-corrected chi connectivity index (χ2v) is 11.8. The summed E-state index contributed by atoms with van der Waals surface area (Å²) in [6, 6.07) is 14.8. The number of aromatic hydroxyl groups is 1. The molecule has 12 heteroatoms. The van der Waals surface area contributed by atoms with Crippen LogP contribution in [-0.2, 0) is 37.7 Å². The lowest BCUT2D eigenvalue weighted by molar-refractivity contribution is -0.169. The molecule has 4 N–H and O–H groups in total. The van der Waals surface area contributed by atoms with Crippen molar-refractivity contribution in [3.63, 3.8) is 0 Å². The minimum atomic E-state index is -2.80. The number of likely N-dealkylation sites (tertiary alicyclic amines) is 1. The van der Waals surface area contributed by atoms with Gasteiger partial charge in [-0.1, -0.05) is 35.9 Å². The molecule has 43 heavy (non-hydrogen) atoms. The first-order valence-corrected chi connectivity index (χ1v) is 14.6. The summed E-state index contributed by atoms with van der Waals surface area (Å²) in [5, 5.41) is 48.9. The molecule has 4 rings (SSSR count). The first-order chi connectivity index (χ1) is 20.4. The molecule has 1 amide bonds. The molecule has 2 atom stereocenters. The number of hydrogen-bond acceptors (Lipinski definition) is 8. The van der Waals surface area contributed by atoms with Gasteiger partial charge in [0.1, 0.15) is 5.75 Å². The molecule has 2 aromatic carbocycles. The summed E-state index contributed by atoms with van der Waals surface area (Å²) in [7, 11) is 0. The third-order valence-corrected chi connectivity index (χ3v) is 8.71. The van der Waals surface area contributed by atoms with Crippen LogP contribution in [0.15, 0.2) is 42.5 Å². The zero-order valence-corrected chi connectivity index (χ0v) is 24.5. The van der Waals surface area contributed by atoms with Crippen LogP contribution in [0.3, 0.4) is 0 Å². The predicted octanol–water partition coefficient (Wildman–Crippen LogP) is 3.15. The number of aliphatic carboxylic acids is 2. The van der Waals surface area contributed by atoms with Crippen molar-refractivity contribution in [3.8, 4) is 11.8 Å². The van der Waals surface area contributed by atoms with Crippen molar-refractivity contribution in [3.05, 3.63) is 64.2 Å². The number of nitriles is 1. The average Bonchev–Trinajstić information content (AvgIpc) is 3.31. The highest BCUT2D eigenvalue weighted by Crippen LogP contribution is 2.44. The van der Waals surface area contributed by atoms with E-state index in [1.54, 1.807) is 12.1 Å². The summed E-state index contributed by atoms with van der Waals surface area (Å²) in [5.74, 6) is -4.38. The number of ether oxygens (including phenoxy) is 1. The number of fused-ring (bicyclic) bond motifs is 2. The molecule has 1 fully saturated rings. The topological polar surface area (TPSA) is 172 Å². The number of piperidine rings is 1. The van der Waals surface area contributed by atoms with Crippen LogP contribution in [0.4, 0.5) is 0 Å². The lowest BCUT2D eigenvalue weighted by Gasteiger charge is -2.41. The van der Waals surface area contributed by atoms with Crippen molar-refractivity contribution in [2.24, 2.45) is 5.92 Å². The summed E-state index contributed by atoms with van der Waals surface area (Å²) in [6.07, 6.45) is -0.226. The third-order valence-electron chi connectivity index (χ3n) is 8.34. The van der Waals surface area contributed by atoms with Crippen LogP contribution in [0.5, 0.6) is 5.75 Å². The normalized spacial score (nSPS) is 17.9. The maximum absolute atomic E-state index is 13.3. The number of phenolic OH excluding ortho intramolecular Hbond substituents is 1. The summed E-state index contributed by atoms with van der Waals surface area (Å²) in [5.41, 5.74) is -0.0520. The quantitative estimate of drug-likeness (QED) is 0.263. The van der Waals surface area contributed by atoms with Crippen LogP contribution in [0, 0.1) is 17.2 Å². The number of phenols is 1. The van der Waals surface area contributed by atoms with Gasteiger partial charge in [-0.2, -0.15) is 5.26 Å². The van der Waals surface area contributed by atoms with Gasteiger partial charge in [-0.3, -0.25) is 9.59 Å². The number of amides is 1. The van der Waals surface area contributed by atoms with Gasteiger partial charge in [-0.25, -0.2) is 4.79 Å². The van der Waals surface area contributed by atoms with Crippen molar-refractivity contribution in [1.82, 2.24) is 9.80 Å². The molecule has 2 heterocycles. The lowest BCUT2D eigenvalue weighted by atomic mass is 9.83.